The first-order valence-corrected chi connectivity index (χ1v) is 6.62. The zero-order valence-corrected chi connectivity index (χ0v) is 11.3. The van der Waals surface area contributed by atoms with Crippen LogP contribution < -0.4 is 10.5 Å². The monoisotopic (exact) mass is 268 g/mol. The van der Waals surface area contributed by atoms with Crippen LogP contribution in [0.4, 0.5) is 5.69 Å². The average Bonchev–Trinajstić information content (AvgIpc) is 2.90. The summed E-state index contributed by atoms with van der Waals surface area (Å²) in [7, 11) is 0. The van der Waals surface area contributed by atoms with Crippen molar-refractivity contribution >= 4 is 16.8 Å². The SMILES string of the molecule is CCc1cccc(OCc2nc3c(N)cccc3o2)c1. The maximum atomic E-state index is 5.85. The number of rotatable bonds is 4. The van der Waals surface area contributed by atoms with Gasteiger partial charge in [0, 0.05) is 0 Å². The van der Waals surface area contributed by atoms with Gasteiger partial charge in [-0.1, -0.05) is 25.1 Å². The van der Waals surface area contributed by atoms with Gasteiger partial charge in [0.05, 0.1) is 5.69 Å². The third-order valence-electron chi connectivity index (χ3n) is 3.16. The van der Waals surface area contributed by atoms with Crippen LogP contribution in [0.1, 0.15) is 18.4 Å². The lowest BCUT2D eigenvalue weighted by molar-refractivity contribution is 0.267. The number of benzene rings is 2. The Morgan fingerprint density at radius 3 is 2.85 bits per heavy atom. The number of hydrogen-bond acceptors (Lipinski definition) is 4. The molecule has 0 unspecified atom stereocenters. The summed E-state index contributed by atoms with van der Waals surface area (Å²) >= 11 is 0. The van der Waals surface area contributed by atoms with Gasteiger partial charge in [-0.15, -0.1) is 0 Å². The summed E-state index contributed by atoms with van der Waals surface area (Å²) in [6, 6.07) is 13.5. The fourth-order valence-electron chi connectivity index (χ4n) is 2.08. The highest BCUT2D eigenvalue weighted by atomic mass is 16.5. The fraction of sp³-hybridized carbons (Fsp3) is 0.188. The van der Waals surface area contributed by atoms with Crippen molar-refractivity contribution < 1.29 is 9.15 Å². The van der Waals surface area contributed by atoms with Crippen molar-refractivity contribution in [2.45, 2.75) is 20.0 Å². The molecule has 0 amide bonds. The average molecular weight is 268 g/mol. The van der Waals surface area contributed by atoms with E-state index in [2.05, 4.69) is 18.0 Å². The van der Waals surface area contributed by atoms with Crippen LogP contribution in [0.5, 0.6) is 5.75 Å². The Morgan fingerprint density at radius 1 is 1.20 bits per heavy atom. The summed E-state index contributed by atoms with van der Waals surface area (Å²) in [5, 5.41) is 0. The lowest BCUT2D eigenvalue weighted by atomic mass is 10.2. The molecule has 3 aromatic rings. The van der Waals surface area contributed by atoms with Crippen LogP contribution in [0.25, 0.3) is 11.1 Å². The van der Waals surface area contributed by atoms with E-state index in [0.717, 1.165) is 12.2 Å². The molecule has 4 nitrogen and oxygen atoms in total. The smallest absolute Gasteiger partial charge is 0.233 e. The Labute approximate surface area is 117 Å². The topological polar surface area (TPSA) is 61.3 Å². The summed E-state index contributed by atoms with van der Waals surface area (Å²) in [4.78, 5) is 4.35. The molecule has 0 saturated heterocycles. The second-order valence-corrected chi connectivity index (χ2v) is 4.59. The van der Waals surface area contributed by atoms with E-state index >= 15 is 0 Å². The van der Waals surface area contributed by atoms with E-state index in [1.165, 1.54) is 5.56 Å². The number of nitrogens with two attached hydrogens (primary N) is 1. The quantitative estimate of drug-likeness (QED) is 0.735. The molecule has 0 fully saturated rings. The van der Waals surface area contributed by atoms with Crippen LogP contribution in [-0.4, -0.2) is 4.98 Å². The highest BCUT2D eigenvalue weighted by Crippen LogP contribution is 2.22. The number of ether oxygens (including phenoxy) is 1. The van der Waals surface area contributed by atoms with Gasteiger partial charge in [-0.3, -0.25) is 0 Å². The van der Waals surface area contributed by atoms with Crippen molar-refractivity contribution in [2.75, 3.05) is 5.73 Å². The van der Waals surface area contributed by atoms with Crippen LogP contribution in [0.3, 0.4) is 0 Å². The van der Waals surface area contributed by atoms with E-state index in [1.54, 1.807) is 6.07 Å². The van der Waals surface area contributed by atoms with Crippen LogP contribution in [0.15, 0.2) is 46.9 Å². The van der Waals surface area contributed by atoms with Crippen LogP contribution in [-0.2, 0) is 13.0 Å². The lowest BCUT2D eigenvalue weighted by Gasteiger charge is -2.04. The van der Waals surface area contributed by atoms with Gasteiger partial charge in [-0.05, 0) is 36.2 Å². The van der Waals surface area contributed by atoms with Gasteiger partial charge in [0.25, 0.3) is 0 Å². The molecule has 0 saturated carbocycles. The standard InChI is InChI=1S/C16H16N2O2/c1-2-11-5-3-6-12(9-11)19-10-15-18-16-13(17)7-4-8-14(16)20-15/h3-9H,2,10,17H2,1H3. The molecule has 1 aromatic heterocycles. The molecule has 102 valence electrons. The molecule has 0 bridgehead atoms. The molecule has 4 heteroatoms. The van der Waals surface area contributed by atoms with Crippen molar-refractivity contribution in [2.24, 2.45) is 0 Å². The summed E-state index contributed by atoms with van der Waals surface area (Å²) in [5.74, 6) is 1.35. The van der Waals surface area contributed by atoms with Gasteiger partial charge in [0.1, 0.15) is 11.3 Å². The van der Waals surface area contributed by atoms with E-state index in [1.807, 2.05) is 30.3 Å². The number of nitrogen functional groups attached to an aromatic ring is 1. The molecule has 0 aliphatic carbocycles. The van der Waals surface area contributed by atoms with E-state index in [-0.39, 0.29) is 0 Å². The summed E-state index contributed by atoms with van der Waals surface area (Å²) in [6.07, 6.45) is 0.983. The molecule has 0 spiro atoms. The minimum Gasteiger partial charge on any atom is -0.484 e. The molecule has 1 heterocycles. The van der Waals surface area contributed by atoms with Crippen molar-refractivity contribution in [1.29, 1.82) is 0 Å². The molecule has 2 N–H and O–H groups in total. The summed E-state index contributed by atoms with van der Waals surface area (Å²) in [5.41, 5.74) is 9.08. The van der Waals surface area contributed by atoms with Crippen molar-refractivity contribution in [1.82, 2.24) is 4.98 Å². The van der Waals surface area contributed by atoms with Gasteiger partial charge in [0.15, 0.2) is 12.2 Å². The molecule has 0 radical (unpaired) electrons. The highest BCUT2D eigenvalue weighted by Gasteiger charge is 2.08. The largest absolute Gasteiger partial charge is 0.484 e. The summed E-state index contributed by atoms with van der Waals surface area (Å²) in [6.45, 7) is 2.41. The lowest BCUT2D eigenvalue weighted by Crippen LogP contribution is -1.96. The number of nitrogens with zero attached hydrogens (tertiary/aromatic N) is 1. The third kappa shape index (κ3) is 2.45. The second-order valence-electron chi connectivity index (χ2n) is 4.59. The predicted molar refractivity (Wildman–Crippen MR) is 78.6 cm³/mol. The Kier molecular flexibility index (Phi) is 3.29. The molecular weight excluding hydrogens is 252 g/mol. The third-order valence-corrected chi connectivity index (χ3v) is 3.16. The van der Waals surface area contributed by atoms with Crippen molar-refractivity contribution in [3.63, 3.8) is 0 Å². The number of oxazole rings is 1. The molecule has 2 aromatic carbocycles. The highest BCUT2D eigenvalue weighted by molar-refractivity contribution is 5.85. The van der Waals surface area contributed by atoms with Crippen LogP contribution >= 0.6 is 0 Å². The Bertz CT molecular complexity index is 734. The maximum Gasteiger partial charge on any atom is 0.233 e. The normalized spacial score (nSPS) is 10.8. The zero-order chi connectivity index (χ0) is 13.9. The number of hydrogen-bond donors (Lipinski definition) is 1. The van der Waals surface area contributed by atoms with Crippen LogP contribution in [0, 0.1) is 0 Å². The first kappa shape index (κ1) is 12.5. The number of aromatic nitrogens is 1. The minimum atomic E-state index is 0.293. The van der Waals surface area contributed by atoms with Crippen LogP contribution in [0.2, 0.25) is 0 Å². The van der Waals surface area contributed by atoms with Gasteiger partial charge >= 0.3 is 0 Å². The predicted octanol–water partition coefficient (Wildman–Crippen LogP) is 3.55. The molecule has 0 atom stereocenters. The molecule has 0 aliphatic heterocycles. The zero-order valence-electron chi connectivity index (χ0n) is 11.3. The Morgan fingerprint density at radius 2 is 2.05 bits per heavy atom. The molecular formula is C16H16N2O2. The fourth-order valence-corrected chi connectivity index (χ4v) is 2.08. The second kappa shape index (κ2) is 5.25. The first-order valence-electron chi connectivity index (χ1n) is 6.62. The molecule has 20 heavy (non-hydrogen) atoms. The van der Waals surface area contributed by atoms with E-state index < -0.39 is 0 Å². The maximum absolute atomic E-state index is 5.85. The van der Waals surface area contributed by atoms with E-state index in [9.17, 15) is 0 Å². The van der Waals surface area contributed by atoms with E-state index in [0.29, 0.717) is 29.3 Å². The number of anilines is 1. The van der Waals surface area contributed by atoms with Gasteiger partial charge < -0.3 is 14.9 Å². The Hall–Kier alpha value is -2.49. The first-order chi connectivity index (χ1) is 9.76. The number of aryl methyl sites for hydroxylation is 1. The van der Waals surface area contributed by atoms with Gasteiger partial charge in [0.2, 0.25) is 5.89 Å². The molecule has 0 aliphatic rings. The minimum absolute atomic E-state index is 0.293. The molecule has 3 rings (SSSR count). The van der Waals surface area contributed by atoms with Gasteiger partial charge in [-0.2, -0.15) is 0 Å². The van der Waals surface area contributed by atoms with Crippen molar-refractivity contribution in [3.8, 4) is 5.75 Å². The number of fused-ring (bicyclic) bond motifs is 1. The van der Waals surface area contributed by atoms with Crippen molar-refractivity contribution in [3.05, 3.63) is 53.9 Å². The Balaban J connectivity index is 1.78. The number of para-hydroxylation sites is 1. The summed E-state index contributed by atoms with van der Waals surface area (Å²) < 4.78 is 11.3. The van der Waals surface area contributed by atoms with Gasteiger partial charge in [-0.25, -0.2) is 4.98 Å². The van der Waals surface area contributed by atoms with E-state index in [4.69, 9.17) is 14.9 Å².